The van der Waals surface area contributed by atoms with Gasteiger partial charge in [-0.3, -0.25) is 9.36 Å². The maximum atomic E-state index is 12.9. The van der Waals surface area contributed by atoms with Crippen LogP contribution in [0, 0.1) is 0 Å². The lowest BCUT2D eigenvalue weighted by Crippen LogP contribution is -2.43. The van der Waals surface area contributed by atoms with Crippen molar-refractivity contribution < 1.29 is 23.2 Å². The molecular formula is C25H41NO5Si2. The molecule has 0 fully saturated rings. The zero-order valence-corrected chi connectivity index (χ0v) is 24.2. The van der Waals surface area contributed by atoms with Gasteiger partial charge in [-0.05, 0) is 67.0 Å². The molecule has 2 rings (SSSR count). The van der Waals surface area contributed by atoms with Crippen LogP contribution in [0.15, 0.2) is 24.4 Å². The van der Waals surface area contributed by atoms with Crippen LogP contribution >= 0.6 is 0 Å². The summed E-state index contributed by atoms with van der Waals surface area (Å²) in [6, 6.07) is 5.67. The molecule has 0 spiro atoms. The van der Waals surface area contributed by atoms with Crippen molar-refractivity contribution in [3.63, 3.8) is 0 Å². The van der Waals surface area contributed by atoms with E-state index in [1.54, 1.807) is 13.1 Å². The van der Waals surface area contributed by atoms with Gasteiger partial charge in [0.05, 0.1) is 18.5 Å². The van der Waals surface area contributed by atoms with E-state index in [1.807, 2.05) is 18.2 Å². The summed E-state index contributed by atoms with van der Waals surface area (Å²) in [5.41, 5.74) is 1.41. The van der Waals surface area contributed by atoms with Crippen molar-refractivity contribution in [3.8, 4) is 5.75 Å². The Hall–Kier alpha value is -2.07. The first-order chi connectivity index (χ1) is 14.9. The van der Waals surface area contributed by atoms with Gasteiger partial charge < -0.3 is 13.6 Å². The Balaban J connectivity index is 2.49. The molecule has 0 aliphatic heterocycles. The van der Waals surface area contributed by atoms with Gasteiger partial charge in [-0.2, -0.15) is 0 Å². The molecule has 0 saturated carbocycles. The average molecular weight is 492 g/mol. The van der Waals surface area contributed by atoms with Crippen LogP contribution in [0.2, 0.25) is 36.3 Å². The molecule has 2 aromatic rings. The van der Waals surface area contributed by atoms with Gasteiger partial charge in [0.2, 0.25) is 8.32 Å². The molecule has 8 heteroatoms. The molecule has 0 radical (unpaired) electrons. The molecule has 1 aromatic heterocycles. The van der Waals surface area contributed by atoms with Gasteiger partial charge in [0, 0.05) is 11.6 Å². The largest absolute Gasteiger partial charge is 0.543 e. The van der Waals surface area contributed by atoms with E-state index in [4.69, 9.17) is 13.6 Å². The predicted molar refractivity (Wildman–Crippen MR) is 139 cm³/mol. The lowest BCUT2D eigenvalue weighted by atomic mass is 10.1. The van der Waals surface area contributed by atoms with Crippen LogP contribution in [-0.2, 0) is 20.4 Å². The monoisotopic (exact) mass is 491 g/mol. The molecule has 0 aliphatic carbocycles. The third kappa shape index (κ3) is 6.09. The summed E-state index contributed by atoms with van der Waals surface area (Å²) in [4.78, 5) is 25.5. The van der Waals surface area contributed by atoms with E-state index >= 15 is 0 Å². The fraction of sp³-hybridized carbons (Fsp3) is 0.600. The fourth-order valence-corrected chi connectivity index (χ4v) is 4.87. The molecule has 0 aliphatic rings. The highest BCUT2D eigenvalue weighted by atomic mass is 28.4. The van der Waals surface area contributed by atoms with E-state index < -0.39 is 22.7 Å². The van der Waals surface area contributed by atoms with Crippen LogP contribution in [-0.4, -0.2) is 39.9 Å². The highest BCUT2D eigenvalue weighted by Gasteiger charge is 2.41. The van der Waals surface area contributed by atoms with E-state index in [0.717, 1.165) is 16.7 Å². The standard InChI is InChI=1S/C25H41NO5Si2/c1-12-29-23(28)26-17-18(15-22(27)31-33(10,11)25(5,6)7)20-16-19(13-14-21(20)26)30-32(8,9)24(2,3)4/h13-14,16-17H,12,15H2,1-11H3. The van der Waals surface area contributed by atoms with Crippen LogP contribution in [0.5, 0.6) is 5.75 Å². The van der Waals surface area contributed by atoms with E-state index in [9.17, 15) is 9.59 Å². The van der Waals surface area contributed by atoms with Crippen molar-refractivity contribution in [2.75, 3.05) is 6.61 Å². The minimum Gasteiger partial charge on any atom is -0.543 e. The summed E-state index contributed by atoms with van der Waals surface area (Å²) in [6.07, 6.45) is 1.30. The summed E-state index contributed by atoms with van der Waals surface area (Å²) >= 11 is 0. The second kappa shape index (κ2) is 9.29. The van der Waals surface area contributed by atoms with Gasteiger partial charge in [0.1, 0.15) is 5.75 Å². The Morgan fingerprint density at radius 3 is 2.03 bits per heavy atom. The first kappa shape index (κ1) is 27.2. The highest BCUT2D eigenvalue weighted by molar-refractivity contribution is 6.75. The number of hydrogen-bond donors (Lipinski definition) is 0. The molecule has 6 nitrogen and oxygen atoms in total. The zero-order chi connectivity index (χ0) is 25.4. The Kier molecular flexibility index (Phi) is 7.65. The van der Waals surface area contributed by atoms with E-state index in [0.29, 0.717) is 5.52 Å². The van der Waals surface area contributed by atoms with Gasteiger partial charge >= 0.3 is 6.09 Å². The van der Waals surface area contributed by atoms with Gasteiger partial charge in [-0.1, -0.05) is 41.5 Å². The summed E-state index contributed by atoms with van der Waals surface area (Å²) in [7, 11) is -4.30. The minimum atomic E-state index is -2.25. The van der Waals surface area contributed by atoms with Crippen molar-refractivity contribution >= 4 is 39.6 Å². The summed E-state index contributed by atoms with van der Waals surface area (Å²) in [6.45, 7) is 23.4. The van der Waals surface area contributed by atoms with Crippen molar-refractivity contribution in [2.45, 2.75) is 91.2 Å². The number of carbonyl (C=O) groups is 2. The van der Waals surface area contributed by atoms with Crippen LogP contribution in [0.3, 0.4) is 0 Å². The quantitative estimate of drug-likeness (QED) is 0.402. The van der Waals surface area contributed by atoms with Gasteiger partial charge in [0.25, 0.3) is 14.3 Å². The molecule has 33 heavy (non-hydrogen) atoms. The maximum Gasteiger partial charge on any atom is 0.418 e. The Morgan fingerprint density at radius 2 is 1.52 bits per heavy atom. The number of rotatable bonds is 6. The Labute approximate surface area is 200 Å². The van der Waals surface area contributed by atoms with Crippen LogP contribution in [0.4, 0.5) is 4.79 Å². The molecule has 184 valence electrons. The number of ether oxygens (including phenoxy) is 1. The molecule has 1 heterocycles. The van der Waals surface area contributed by atoms with E-state index in [-0.39, 0.29) is 29.1 Å². The Morgan fingerprint density at radius 1 is 0.939 bits per heavy atom. The molecule has 0 N–H and O–H groups in total. The number of hydrogen-bond acceptors (Lipinski definition) is 5. The fourth-order valence-electron chi connectivity index (χ4n) is 2.90. The van der Waals surface area contributed by atoms with E-state index in [2.05, 4.69) is 67.7 Å². The van der Waals surface area contributed by atoms with Crippen molar-refractivity contribution in [3.05, 3.63) is 30.0 Å². The first-order valence-corrected chi connectivity index (χ1v) is 17.4. The lowest BCUT2D eigenvalue weighted by Gasteiger charge is -2.36. The molecule has 0 saturated heterocycles. The second-order valence-corrected chi connectivity index (χ2v) is 21.1. The van der Waals surface area contributed by atoms with Crippen LogP contribution in [0.25, 0.3) is 10.9 Å². The highest BCUT2D eigenvalue weighted by Crippen LogP contribution is 2.39. The SMILES string of the molecule is CCOC(=O)n1cc(CC(=O)O[Si](C)(C)C(C)(C)C)c2cc(O[Si](C)(C)C(C)(C)C)ccc21. The van der Waals surface area contributed by atoms with Crippen molar-refractivity contribution in [1.82, 2.24) is 4.57 Å². The smallest absolute Gasteiger partial charge is 0.418 e. The number of benzene rings is 1. The number of carbonyl (C=O) groups excluding carboxylic acids is 2. The topological polar surface area (TPSA) is 66.8 Å². The summed E-state index contributed by atoms with van der Waals surface area (Å²) in [5, 5.41) is 0.770. The van der Waals surface area contributed by atoms with Crippen LogP contribution in [0.1, 0.15) is 54.0 Å². The normalized spacial score (nSPS) is 13.2. The minimum absolute atomic E-state index is 0.0502. The predicted octanol–water partition coefficient (Wildman–Crippen LogP) is 7.12. The zero-order valence-electron chi connectivity index (χ0n) is 22.2. The third-order valence-corrected chi connectivity index (χ3v) is 15.7. The van der Waals surface area contributed by atoms with Gasteiger partial charge in [0.15, 0.2) is 0 Å². The number of aromatic nitrogens is 1. The van der Waals surface area contributed by atoms with Gasteiger partial charge in [-0.15, -0.1) is 0 Å². The average Bonchev–Trinajstić information content (AvgIpc) is 2.97. The molecule has 0 bridgehead atoms. The molecule has 0 atom stereocenters. The number of nitrogens with zero attached hydrogens (tertiary/aromatic N) is 1. The first-order valence-electron chi connectivity index (χ1n) is 11.6. The van der Waals surface area contributed by atoms with Crippen molar-refractivity contribution in [2.24, 2.45) is 0 Å². The molecule has 0 amide bonds. The van der Waals surface area contributed by atoms with E-state index in [1.165, 1.54) is 4.57 Å². The summed E-state index contributed by atoms with van der Waals surface area (Å²) in [5.74, 6) is 0.468. The molecule has 1 aromatic carbocycles. The molecular weight excluding hydrogens is 450 g/mol. The maximum absolute atomic E-state index is 12.9. The lowest BCUT2D eigenvalue weighted by molar-refractivity contribution is -0.134. The number of fused-ring (bicyclic) bond motifs is 1. The molecule has 0 unspecified atom stereocenters. The summed E-state index contributed by atoms with van der Waals surface area (Å²) < 4.78 is 19.1. The van der Waals surface area contributed by atoms with Crippen LogP contribution < -0.4 is 4.43 Å². The Bertz CT molecular complexity index is 1030. The van der Waals surface area contributed by atoms with Crippen molar-refractivity contribution in [1.29, 1.82) is 0 Å². The third-order valence-electron chi connectivity index (χ3n) is 7.01. The second-order valence-electron chi connectivity index (χ2n) is 11.7. The van der Waals surface area contributed by atoms with Gasteiger partial charge in [-0.25, -0.2) is 4.79 Å².